The number of nitrogens with one attached hydrogen (secondary N) is 3. The van der Waals surface area contributed by atoms with Crippen molar-refractivity contribution >= 4 is 27.6 Å². The Morgan fingerprint density at radius 2 is 2.08 bits per heavy atom. The van der Waals surface area contributed by atoms with Gasteiger partial charge in [-0.1, -0.05) is 12.1 Å². The molecule has 1 heterocycles. The van der Waals surface area contributed by atoms with Gasteiger partial charge in [0, 0.05) is 24.8 Å². The van der Waals surface area contributed by atoms with Gasteiger partial charge in [-0.15, -0.1) is 0 Å². The number of urea groups is 1. The highest BCUT2D eigenvalue weighted by Crippen LogP contribution is 2.13. The molecule has 0 bridgehead atoms. The van der Waals surface area contributed by atoms with Crippen LogP contribution in [0.3, 0.4) is 0 Å². The third-order valence-corrected chi connectivity index (χ3v) is 5.17. The van der Waals surface area contributed by atoms with Crippen LogP contribution in [0, 0.1) is 6.92 Å². The predicted octanol–water partition coefficient (Wildman–Crippen LogP) is 0.657. The number of sulfonamides is 1. The molecule has 0 aromatic heterocycles. The Labute approximate surface area is 148 Å². The van der Waals surface area contributed by atoms with Crippen LogP contribution < -0.4 is 16.0 Å². The van der Waals surface area contributed by atoms with E-state index < -0.39 is 16.1 Å². The second kappa shape index (κ2) is 8.30. The van der Waals surface area contributed by atoms with Crippen LogP contribution in [0.1, 0.15) is 18.4 Å². The van der Waals surface area contributed by atoms with Gasteiger partial charge in [0.1, 0.15) is 0 Å². The average Bonchev–Trinajstić information content (AvgIpc) is 2.52. The van der Waals surface area contributed by atoms with E-state index in [0.717, 1.165) is 11.8 Å². The fourth-order valence-electron chi connectivity index (χ4n) is 2.70. The van der Waals surface area contributed by atoms with Crippen LogP contribution in [0.15, 0.2) is 24.3 Å². The van der Waals surface area contributed by atoms with Crippen molar-refractivity contribution in [3.8, 4) is 0 Å². The number of hydrogen-bond donors (Lipinski definition) is 3. The summed E-state index contributed by atoms with van der Waals surface area (Å²) in [6.45, 7) is 2.48. The number of hydrogen-bond acceptors (Lipinski definition) is 4. The summed E-state index contributed by atoms with van der Waals surface area (Å²) in [7, 11) is -3.26. The van der Waals surface area contributed by atoms with Gasteiger partial charge in [-0.25, -0.2) is 17.5 Å². The zero-order chi connectivity index (χ0) is 18.4. The van der Waals surface area contributed by atoms with Crippen molar-refractivity contribution in [2.24, 2.45) is 0 Å². The maximum absolute atomic E-state index is 12.0. The minimum Gasteiger partial charge on any atom is -0.351 e. The van der Waals surface area contributed by atoms with E-state index in [0.29, 0.717) is 25.1 Å². The lowest BCUT2D eigenvalue weighted by Crippen LogP contribution is -2.51. The van der Waals surface area contributed by atoms with Gasteiger partial charge in [0.05, 0.1) is 12.8 Å². The summed E-state index contributed by atoms with van der Waals surface area (Å²) in [5, 5.41) is 7.90. The number of anilines is 1. The molecule has 0 aliphatic carbocycles. The third kappa shape index (κ3) is 6.35. The van der Waals surface area contributed by atoms with Crippen molar-refractivity contribution in [2.45, 2.75) is 25.8 Å². The molecule has 2 rings (SSSR count). The molecule has 3 amide bonds. The maximum Gasteiger partial charge on any atom is 0.319 e. The highest BCUT2D eigenvalue weighted by Gasteiger charge is 2.26. The standard InChI is InChI=1S/C16H24N4O4S/c1-12-5-3-6-13(9-12)19-16(22)17-10-15(21)18-14-7-4-8-20(11-14)25(2,23)24/h3,5-6,9,14H,4,7-8,10-11H2,1-2H3,(H,18,21)(H2,17,19,22). The van der Waals surface area contributed by atoms with E-state index in [9.17, 15) is 18.0 Å². The molecule has 1 fully saturated rings. The van der Waals surface area contributed by atoms with Gasteiger partial charge < -0.3 is 16.0 Å². The van der Waals surface area contributed by atoms with Crippen LogP contribution in [0.2, 0.25) is 0 Å². The Hall–Kier alpha value is -2.13. The van der Waals surface area contributed by atoms with Crippen LogP contribution in [0.5, 0.6) is 0 Å². The van der Waals surface area contributed by atoms with E-state index in [1.54, 1.807) is 6.07 Å². The van der Waals surface area contributed by atoms with E-state index in [1.165, 1.54) is 4.31 Å². The number of carbonyl (C=O) groups is 2. The highest BCUT2D eigenvalue weighted by atomic mass is 32.2. The summed E-state index contributed by atoms with van der Waals surface area (Å²) in [4.78, 5) is 23.8. The molecule has 8 nitrogen and oxygen atoms in total. The van der Waals surface area contributed by atoms with Crippen LogP contribution in [-0.4, -0.2) is 56.6 Å². The van der Waals surface area contributed by atoms with Crippen molar-refractivity contribution in [2.75, 3.05) is 31.2 Å². The first kappa shape index (κ1) is 19.2. The molecule has 9 heteroatoms. The molecule has 138 valence electrons. The fourth-order valence-corrected chi connectivity index (χ4v) is 3.61. The van der Waals surface area contributed by atoms with Gasteiger partial charge in [0.2, 0.25) is 15.9 Å². The zero-order valence-corrected chi connectivity index (χ0v) is 15.2. The summed E-state index contributed by atoms with van der Waals surface area (Å²) < 4.78 is 24.5. The van der Waals surface area contributed by atoms with Crippen molar-refractivity contribution in [1.82, 2.24) is 14.9 Å². The molecule has 3 N–H and O–H groups in total. The summed E-state index contributed by atoms with van der Waals surface area (Å²) in [6.07, 6.45) is 2.57. The lowest BCUT2D eigenvalue weighted by Gasteiger charge is -2.31. The monoisotopic (exact) mass is 368 g/mol. The van der Waals surface area contributed by atoms with Crippen LogP contribution in [-0.2, 0) is 14.8 Å². The largest absolute Gasteiger partial charge is 0.351 e. The normalized spacial score (nSPS) is 18.4. The maximum atomic E-state index is 12.0. The van der Waals surface area contributed by atoms with Crippen LogP contribution >= 0.6 is 0 Å². The van der Waals surface area contributed by atoms with Gasteiger partial charge >= 0.3 is 6.03 Å². The molecule has 0 radical (unpaired) electrons. The quantitative estimate of drug-likeness (QED) is 0.709. The molecule has 1 atom stereocenters. The van der Waals surface area contributed by atoms with Gasteiger partial charge in [-0.05, 0) is 37.5 Å². The number of piperidine rings is 1. The average molecular weight is 368 g/mol. The van der Waals surface area contributed by atoms with Gasteiger partial charge in [-0.2, -0.15) is 0 Å². The third-order valence-electron chi connectivity index (χ3n) is 3.90. The van der Waals surface area contributed by atoms with Crippen molar-refractivity contribution in [3.05, 3.63) is 29.8 Å². The lowest BCUT2D eigenvalue weighted by molar-refractivity contribution is -0.121. The Kier molecular flexibility index (Phi) is 6.38. The first-order chi connectivity index (χ1) is 11.7. The second-order valence-electron chi connectivity index (χ2n) is 6.20. The lowest BCUT2D eigenvalue weighted by atomic mass is 10.1. The number of benzene rings is 1. The molecule has 1 saturated heterocycles. The topological polar surface area (TPSA) is 108 Å². The van der Waals surface area contributed by atoms with E-state index in [-0.39, 0.29) is 25.0 Å². The van der Waals surface area contributed by atoms with Crippen LogP contribution in [0.25, 0.3) is 0 Å². The molecular formula is C16H24N4O4S. The Balaban J connectivity index is 1.75. The Morgan fingerprint density at radius 3 is 2.76 bits per heavy atom. The number of aryl methyl sites for hydroxylation is 1. The molecular weight excluding hydrogens is 344 g/mol. The zero-order valence-electron chi connectivity index (χ0n) is 14.4. The summed E-state index contributed by atoms with van der Waals surface area (Å²) in [5.74, 6) is -0.347. The van der Waals surface area contributed by atoms with Crippen molar-refractivity contribution < 1.29 is 18.0 Å². The summed E-state index contributed by atoms with van der Waals surface area (Å²) >= 11 is 0. The smallest absolute Gasteiger partial charge is 0.319 e. The van der Waals surface area contributed by atoms with E-state index in [4.69, 9.17) is 0 Å². The first-order valence-corrected chi connectivity index (χ1v) is 9.95. The van der Waals surface area contributed by atoms with Crippen LogP contribution in [0.4, 0.5) is 10.5 Å². The SMILES string of the molecule is Cc1cccc(NC(=O)NCC(=O)NC2CCCN(S(C)(=O)=O)C2)c1. The molecule has 25 heavy (non-hydrogen) atoms. The summed E-state index contributed by atoms with van der Waals surface area (Å²) in [6, 6.07) is 6.62. The van der Waals surface area contributed by atoms with E-state index >= 15 is 0 Å². The highest BCUT2D eigenvalue weighted by molar-refractivity contribution is 7.88. The molecule has 1 unspecified atom stereocenters. The molecule has 0 spiro atoms. The van der Waals surface area contributed by atoms with E-state index in [2.05, 4.69) is 16.0 Å². The number of nitrogens with zero attached hydrogens (tertiary/aromatic N) is 1. The van der Waals surface area contributed by atoms with E-state index in [1.807, 2.05) is 25.1 Å². The Bertz CT molecular complexity index is 735. The predicted molar refractivity (Wildman–Crippen MR) is 95.8 cm³/mol. The van der Waals surface area contributed by atoms with Crippen molar-refractivity contribution in [1.29, 1.82) is 0 Å². The van der Waals surface area contributed by atoms with Crippen molar-refractivity contribution in [3.63, 3.8) is 0 Å². The van der Waals surface area contributed by atoms with Gasteiger partial charge in [0.15, 0.2) is 0 Å². The molecule has 0 saturated carbocycles. The first-order valence-electron chi connectivity index (χ1n) is 8.10. The molecule has 1 aromatic carbocycles. The number of carbonyl (C=O) groups excluding carboxylic acids is 2. The fraction of sp³-hybridized carbons (Fsp3) is 0.500. The molecule has 1 aliphatic heterocycles. The molecule has 1 aromatic rings. The Morgan fingerprint density at radius 1 is 1.32 bits per heavy atom. The van der Waals surface area contributed by atoms with Gasteiger partial charge in [0.25, 0.3) is 0 Å². The number of rotatable bonds is 5. The van der Waals surface area contributed by atoms with Gasteiger partial charge in [-0.3, -0.25) is 4.79 Å². The minimum absolute atomic E-state index is 0.174. The second-order valence-corrected chi connectivity index (χ2v) is 8.19. The summed E-state index contributed by atoms with van der Waals surface area (Å²) in [5.41, 5.74) is 1.66. The molecule has 1 aliphatic rings. The number of amides is 3. The minimum atomic E-state index is -3.26.